The fraction of sp³-hybridized carbons (Fsp3) is 0.200. The van der Waals surface area contributed by atoms with Crippen LogP contribution in [0.4, 0.5) is 0 Å². The number of hydrogen-bond acceptors (Lipinski definition) is 3. The van der Waals surface area contributed by atoms with Gasteiger partial charge in [0, 0.05) is 22.1 Å². The number of aromatic nitrogens is 1. The Morgan fingerprint density at radius 1 is 1.12 bits per heavy atom. The number of rotatable bonds is 3. The molecule has 4 nitrogen and oxygen atoms in total. The van der Waals surface area contributed by atoms with Crippen LogP contribution in [0.3, 0.4) is 0 Å². The number of ether oxygens (including phenoxy) is 1. The fourth-order valence-electron chi connectivity index (χ4n) is 3.85. The normalized spacial score (nSPS) is 18.0. The van der Waals surface area contributed by atoms with Gasteiger partial charge < -0.3 is 9.72 Å². The van der Waals surface area contributed by atoms with E-state index in [2.05, 4.69) is 4.98 Å². The molecule has 126 valence electrons. The summed E-state index contributed by atoms with van der Waals surface area (Å²) >= 11 is 5.71. The van der Waals surface area contributed by atoms with Gasteiger partial charge in [-0.1, -0.05) is 49.4 Å². The van der Waals surface area contributed by atoms with Gasteiger partial charge in [-0.25, -0.2) is 0 Å². The first kappa shape index (κ1) is 15.9. The third kappa shape index (κ3) is 2.14. The van der Waals surface area contributed by atoms with Gasteiger partial charge in [-0.2, -0.15) is 0 Å². The number of carbonyl (C=O) groups is 1. The summed E-state index contributed by atoms with van der Waals surface area (Å²) in [7, 11) is 0. The van der Waals surface area contributed by atoms with Crippen molar-refractivity contribution in [1.82, 2.24) is 4.98 Å². The Kier molecular flexibility index (Phi) is 3.65. The Bertz CT molecular complexity index is 1060. The number of alkyl halides is 1. The van der Waals surface area contributed by atoms with Gasteiger partial charge in [-0.3, -0.25) is 9.59 Å². The largest absolute Gasteiger partial charge is 0.448 e. The van der Waals surface area contributed by atoms with Crippen LogP contribution in [0.2, 0.25) is 0 Å². The first-order chi connectivity index (χ1) is 12.1. The second-order valence-corrected chi connectivity index (χ2v) is 6.35. The van der Waals surface area contributed by atoms with Crippen molar-refractivity contribution in [2.24, 2.45) is 0 Å². The lowest BCUT2D eigenvalue weighted by atomic mass is 9.86. The summed E-state index contributed by atoms with van der Waals surface area (Å²) in [5.41, 5.74) is 2.18. The van der Waals surface area contributed by atoms with Gasteiger partial charge in [-0.05, 0) is 17.9 Å². The summed E-state index contributed by atoms with van der Waals surface area (Å²) in [5, 5.41) is 1.37. The van der Waals surface area contributed by atoms with Crippen LogP contribution in [0, 0.1) is 0 Å². The predicted octanol–water partition coefficient (Wildman–Crippen LogP) is 3.94. The van der Waals surface area contributed by atoms with E-state index in [0.717, 1.165) is 22.1 Å². The molecule has 1 aromatic heterocycles. The minimum absolute atomic E-state index is 0.153. The highest BCUT2D eigenvalue weighted by atomic mass is 35.5. The summed E-state index contributed by atoms with van der Waals surface area (Å²) in [6, 6.07) is 15.1. The van der Waals surface area contributed by atoms with Crippen molar-refractivity contribution >= 4 is 28.3 Å². The summed E-state index contributed by atoms with van der Waals surface area (Å²) in [5.74, 6) is -0.706. The van der Waals surface area contributed by atoms with E-state index < -0.39 is 11.6 Å². The fourth-order valence-corrected chi connectivity index (χ4v) is 3.91. The lowest BCUT2D eigenvalue weighted by Gasteiger charge is -2.31. The summed E-state index contributed by atoms with van der Waals surface area (Å²) in [6.45, 7) is 1.97. The molecular weight excluding hydrogens is 338 g/mol. The lowest BCUT2D eigenvalue weighted by Crippen LogP contribution is -2.32. The molecule has 0 spiro atoms. The SMILES string of the molecule is CCC1(OC(=O)CCl)c2ccccc2-c2[nH]c(=O)c3ccccc3c21. The Morgan fingerprint density at radius 3 is 2.52 bits per heavy atom. The molecule has 0 bridgehead atoms. The molecule has 1 aliphatic carbocycles. The van der Waals surface area contributed by atoms with E-state index in [0.29, 0.717) is 17.5 Å². The van der Waals surface area contributed by atoms with Gasteiger partial charge in [0.2, 0.25) is 0 Å². The topological polar surface area (TPSA) is 59.2 Å². The molecule has 0 saturated heterocycles. The van der Waals surface area contributed by atoms with Crippen LogP contribution in [-0.4, -0.2) is 16.8 Å². The minimum Gasteiger partial charge on any atom is -0.448 e. The highest BCUT2D eigenvalue weighted by molar-refractivity contribution is 6.26. The average molecular weight is 354 g/mol. The van der Waals surface area contributed by atoms with Gasteiger partial charge >= 0.3 is 5.97 Å². The number of pyridine rings is 1. The van der Waals surface area contributed by atoms with Gasteiger partial charge in [0.1, 0.15) is 5.88 Å². The third-order valence-electron chi connectivity index (χ3n) is 4.86. The first-order valence-corrected chi connectivity index (χ1v) is 8.69. The van der Waals surface area contributed by atoms with Crippen molar-refractivity contribution in [3.63, 3.8) is 0 Å². The number of esters is 1. The van der Waals surface area contributed by atoms with E-state index in [1.807, 2.05) is 49.4 Å². The zero-order valence-electron chi connectivity index (χ0n) is 13.6. The van der Waals surface area contributed by atoms with Crippen LogP contribution in [0.5, 0.6) is 0 Å². The number of hydrogen-bond donors (Lipinski definition) is 1. The molecular formula is C20H16ClNO3. The Labute approximate surface area is 149 Å². The summed E-state index contributed by atoms with van der Waals surface area (Å²) in [4.78, 5) is 27.7. The number of nitrogens with one attached hydrogen (secondary N) is 1. The monoisotopic (exact) mass is 353 g/mol. The Balaban J connectivity index is 2.16. The Morgan fingerprint density at radius 2 is 1.80 bits per heavy atom. The molecule has 1 aliphatic rings. The first-order valence-electron chi connectivity index (χ1n) is 8.15. The molecule has 3 aromatic rings. The predicted molar refractivity (Wildman–Crippen MR) is 97.9 cm³/mol. The minimum atomic E-state index is -0.957. The van der Waals surface area contributed by atoms with Crippen LogP contribution >= 0.6 is 11.6 Å². The van der Waals surface area contributed by atoms with Crippen molar-refractivity contribution in [2.45, 2.75) is 18.9 Å². The van der Waals surface area contributed by atoms with E-state index in [-0.39, 0.29) is 11.4 Å². The van der Waals surface area contributed by atoms with Crippen LogP contribution in [-0.2, 0) is 15.1 Å². The van der Waals surface area contributed by atoms with Gasteiger partial charge in [-0.15, -0.1) is 11.6 Å². The quantitative estimate of drug-likeness (QED) is 0.573. The molecule has 0 saturated carbocycles. The van der Waals surface area contributed by atoms with Crippen LogP contribution < -0.4 is 5.56 Å². The maximum Gasteiger partial charge on any atom is 0.322 e. The maximum atomic E-state index is 12.5. The molecule has 1 unspecified atom stereocenters. The van der Waals surface area contributed by atoms with Crippen molar-refractivity contribution in [2.75, 3.05) is 5.88 Å². The molecule has 1 atom stereocenters. The molecule has 1 heterocycles. The average Bonchev–Trinajstić information content (AvgIpc) is 2.92. The molecule has 4 rings (SSSR count). The molecule has 1 N–H and O–H groups in total. The van der Waals surface area contributed by atoms with Crippen molar-refractivity contribution in [3.8, 4) is 11.3 Å². The number of fused-ring (bicyclic) bond motifs is 5. The van der Waals surface area contributed by atoms with Crippen molar-refractivity contribution < 1.29 is 9.53 Å². The van der Waals surface area contributed by atoms with E-state index in [1.54, 1.807) is 6.07 Å². The number of H-pyrrole nitrogens is 1. The third-order valence-corrected chi connectivity index (χ3v) is 5.08. The second-order valence-electron chi connectivity index (χ2n) is 6.08. The number of carbonyl (C=O) groups excluding carboxylic acids is 1. The molecule has 0 radical (unpaired) electrons. The van der Waals surface area contributed by atoms with E-state index in [4.69, 9.17) is 16.3 Å². The summed E-state index contributed by atoms with van der Waals surface area (Å²) in [6.07, 6.45) is 0.537. The smallest absolute Gasteiger partial charge is 0.322 e. The van der Waals surface area contributed by atoms with Gasteiger partial charge in [0.05, 0.1) is 5.69 Å². The molecule has 0 amide bonds. The van der Waals surface area contributed by atoms with Gasteiger partial charge in [0.25, 0.3) is 5.56 Å². The molecule has 2 aromatic carbocycles. The second kappa shape index (κ2) is 5.74. The maximum absolute atomic E-state index is 12.5. The number of benzene rings is 2. The molecule has 0 fully saturated rings. The Hall–Kier alpha value is -2.59. The van der Waals surface area contributed by atoms with Crippen LogP contribution in [0.1, 0.15) is 24.5 Å². The van der Waals surface area contributed by atoms with Gasteiger partial charge in [0.15, 0.2) is 5.60 Å². The number of aromatic amines is 1. The van der Waals surface area contributed by atoms with Crippen molar-refractivity contribution in [3.05, 3.63) is 70.0 Å². The zero-order chi connectivity index (χ0) is 17.6. The molecule has 25 heavy (non-hydrogen) atoms. The molecule has 5 heteroatoms. The van der Waals surface area contributed by atoms with E-state index >= 15 is 0 Å². The van der Waals surface area contributed by atoms with Crippen molar-refractivity contribution in [1.29, 1.82) is 0 Å². The van der Waals surface area contributed by atoms with E-state index in [1.165, 1.54) is 0 Å². The standard InChI is InChI=1S/C20H16ClNO3/c1-2-20(25-16(23)11-21)15-10-6-5-9-14(15)18-17(20)12-7-3-4-8-13(12)19(24)22-18/h3-10H,2,11H2,1H3,(H,22,24). The van der Waals surface area contributed by atoms with E-state index in [9.17, 15) is 9.59 Å². The zero-order valence-corrected chi connectivity index (χ0v) is 14.4. The highest BCUT2D eigenvalue weighted by Gasteiger charge is 2.47. The van der Waals surface area contributed by atoms with Crippen LogP contribution in [0.15, 0.2) is 53.3 Å². The van der Waals surface area contributed by atoms with Crippen LogP contribution in [0.25, 0.3) is 22.0 Å². The number of halogens is 1. The summed E-state index contributed by atoms with van der Waals surface area (Å²) < 4.78 is 5.91. The highest BCUT2D eigenvalue weighted by Crippen LogP contribution is 2.52. The molecule has 0 aliphatic heterocycles. The lowest BCUT2D eigenvalue weighted by molar-refractivity contribution is -0.153.